The fourth-order valence-corrected chi connectivity index (χ4v) is 6.81. The fourth-order valence-electron chi connectivity index (χ4n) is 6.12. The third-order valence-electron chi connectivity index (χ3n) is 9.42. The lowest BCUT2D eigenvalue weighted by atomic mass is 10.00. The van der Waals surface area contributed by atoms with Gasteiger partial charge in [-0.05, 0) is 64.2 Å². The van der Waals surface area contributed by atoms with Crippen LogP contribution < -0.4 is 0 Å². The second-order valence-electron chi connectivity index (χ2n) is 14.6. The van der Waals surface area contributed by atoms with Crippen LogP contribution in [0.15, 0.2) is 36.5 Å². The molecule has 0 amide bonds. The number of carbonyl (C=O) groups is 2. The van der Waals surface area contributed by atoms with Crippen molar-refractivity contribution in [1.29, 1.82) is 0 Å². The Morgan fingerprint density at radius 2 is 1.13 bits per heavy atom. The van der Waals surface area contributed by atoms with Gasteiger partial charge >= 0.3 is 11.9 Å². The predicted octanol–water partition coefficient (Wildman–Crippen LogP) is 7.83. The van der Waals surface area contributed by atoms with Gasteiger partial charge in [0.05, 0.1) is 6.61 Å². The highest BCUT2D eigenvalue weighted by Gasteiger charge is 2.46. The van der Waals surface area contributed by atoms with Crippen molar-refractivity contribution in [3.05, 3.63) is 36.5 Å². The average Bonchev–Trinajstić information content (AvgIpc) is 3.14. The smallest absolute Gasteiger partial charge is 0.306 e. The Bertz CT molecular complexity index is 1170. The van der Waals surface area contributed by atoms with Crippen molar-refractivity contribution < 1.29 is 56.8 Å². The van der Waals surface area contributed by atoms with E-state index in [0.29, 0.717) is 12.8 Å². The molecule has 0 bridgehead atoms. The van der Waals surface area contributed by atoms with Gasteiger partial charge in [-0.15, -0.1) is 0 Å². The van der Waals surface area contributed by atoms with E-state index in [1.54, 1.807) is 0 Å². The molecule has 6 unspecified atom stereocenters. The number of aliphatic hydroxyl groups excluding tert-OH is 3. The summed E-state index contributed by atoms with van der Waals surface area (Å²) in [6, 6.07) is 0. The van der Waals surface area contributed by atoms with E-state index in [2.05, 4.69) is 50.3 Å². The lowest BCUT2D eigenvalue weighted by molar-refractivity contribution is -0.297. The van der Waals surface area contributed by atoms with Crippen LogP contribution in [0, 0.1) is 0 Å². The summed E-state index contributed by atoms with van der Waals surface area (Å²) >= 11 is 0. The van der Waals surface area contributed by atoms with E-state index in [-0.39, 0.29) is 19.4 Å². The van der Waals surface area contributed by atoms with Gasteiger partial charge in [-0.25, -0.2) is 0 Å². The maximum Gasteiger partial charge on any atom is 0.306 e. The van der Waals surface area contributed by atoms with Crippen LogP contribution in [0.3, 0.4) is 0 Å². The van der Waals surface area contributed by atoms with Crippen molar-refractivity contribution in [1.82, 2.24) is 0 Å². The molecule has 4 N–H and O–H groups in total. The molecule has 0 aromatic carbocycles. The van der Waals surface area contributed by atoms with Crippen molar-refractivity contribution in [2.24, 2.45) is 0 Å². The summed E-state index contributed by atoms with van der Waals surface area (Å²) in [7, 11) is -4.60. The molecule has 6 atom stereocenters. The van der Waals surface area contributed by atoms with Crippen LogP contribution in [0.4, 0.5) is 0 Å². The van der Waals surface area contributed by atoms with Crippen LogP contribution in [-0.4, -0.2) is 96.0 Å². The molecule has 0 aromatic heterocycles. The molecule has 0 saturated carbocycles. The standard InChI is InChI=1S/C42H74O12S/c1-3-5-7-9-11-13-15-17-19-20-22-24-26-28-30-37(43)51-32-35(33-52-42-41(47)40(46)39(45)36(54-42)34-55(48,49)50)53-38(44)31-29-27-25-23-21-18-16-14-12-10-8-6-4-2/h8,10,14-17,35-36,39-42,45-47H,3-7,9,11-13,18-34H2,1-2H3,(H,48,49,50)/b10-8-,16-14-,17-15-. The van der Waals surface area contributed by atoms with Gasteiger partial charge in [-0.2, -0.15) is 8.42 Å². The molecule has 0 spiro atoms. The second kappa shape index (κ2) is 32.9. The number of unbranched alkanes of at least 4 members (excludes halogenated alkanes) is 16. The number of rotatable bonds is 34. The summed E-state index contributed by atoms with van der Waals surface area (Å²) in [6.07, 6.45) is 26.2. The van der Waals surface area contributed by atoms with Gasteiger partial charge in [0.25, 0.3) is 10.1 Å². The highest BCUT2D eigenvalue weighted by molar-refractivity contribution is 7.85. The van der Waals surface area contributed by atoms with Gasteiger partial charge in [0.1, 0.15) is 36.8 Å². The van der Waals surface area contributed by atoms with Crippen molar-refractivity contribution in [2.75, 3.05) is 19.0 Å². The number of carbonyl (C=O) groups excluding carboxylic acids is 2. The topological polar surface area (TPSA) is 186 Å². The van der Waals surface area contributed by atoms with Gasteiger partial charge in [0.2, 0.25) is 0 Å². The van der Waals surface area contributed by atoms with Crippen molar-refractivity contribution in [3.8, 4) is 0 Å². The SMILES string of the molecule is CCC/C=C\C/C=C\CCCCCCCC(=O)OC(COC(=O)CCCCCCC/C=C\CCCCCCC)COC1OC(CS(=O)(=O)O)C(O)C(O)C1O. The van der Waals surface area contributed by atoms with Gasteiger partial charge in [-0.3, -0.25) is 14.1 Å². The van der Waals surface area contributed by atoms with E-state index in [9.17, 15) is 37.9 Å². The van der Waals surface area contributed by atoms with Crippen LogP contribution in [0.2, 0.25) is 0 Å². The Morgan fingerprint density at radius 1 is 0.618 bits per heavy atom. The Kier molecular flexibility index (Phi) is 30.4. The molecular weight excluding hydrogens is 729 g/mol. The zero-order chi connectivity index (χ0) is 40.6. The minimum atomic E-state index is -4.60. The van der Waals surface area contributed by atoms with E-state index in [0.717, 1.165) is 89.9 Å². The third-order valence-corrected chi connectivity index (χ3v) is 10.2. The molecular formula is C42H74O12S. The van der Waals surface area contributed by atoms with Gasteiger partial charge in [-0.1, -0.05) is 121 Å². The summed E-state index contributed by atoms with van der Waals surface area (Å²) < 4.78 is 53.9. The number of ether oxygens (including phenoxy) is 4. The summed E-state index contributed by atoms with van der Waals surface area (Å²) in [5, 5.41) is 30.8. The first-order valence-electron chi connectivity index (χ1n) is 21.0. The molecule has 1 saturated heterocycles. The van der Waals surface area contributed by atoms with Crippen LogP contribution in [0.25, 0.3) is 0 Å². The van der Waals surface area contributed by atoms with Gasteiger partial charge < -0.3 is 34.3 Å². The Balaban J connectivity index is 2.50. The second-order valence-corrected chi connectivity index (χ2v) is 16.1. The Morgan fingerprint density at radius 3 is 1.69 bits per heavy atom. The predicted molar refractivity (Wildman–Crippen MR) is 215 cm³/mol. The molecule has 1 aliphatic rings. The third kappa shape index (κ3) is 28.0. The number of allylic oxidation sites excluding steroid dienone is 6. The quantitative estimate of drug-likeness (QED) is 0.0214. The summed E-state index contributed by atoms with van der Waals surface area (Å²) in [4.78, 5) is 25.3. The minimum absolute atomic E-state index is 0.146. The normalized spacial score (nSPS) is 21.2. The zero-order valence-corrected chi connectivity index (χ0v) is 34.6. The average molecular weight is 803 g/mol. The maximum absolute atomic E-state index is 12.8. The van der Waals surface area contributed by atoms with Gasteiger partial charge in [0, 0.05) is 12.8 Å². The van der Waals surface area contributed by atoms with Crippen LogP contribution in [-0.2, 0) is 38.7 Å². The number of aliphatic hydroxyl groups is 3. The van der Waals surface area contributed by atoms with Crippen molar-refractivity contribution >= 4 is 22.1 Å². The molecule has 1 fully saturated rings. The highest BCUT2D eigenvalue weighted by atomic mass is 32.2. The summed E-state index contributed by atoms with van der Waals surface area (Å²) in [5.41, 5.74) is 0. The van der Waals surface area contributed by atoms with Crippen LogP contribution >= 0.6 is 0 Å². The lowest BCUT2D eigenvalue weighted by Gasteiger charge is -2.40. The molecule has 1 aliphatic heterocycles. The van der Waals surface area contributed by atoms with Gasteiger partial charge in [0.15, 0.2) is 12.4 Å². The molecule has 55 heavy (non-hydrogen) atoms. The minimum Gasteiger partial charge on any atom is -0.462 e. The van der Waals surface area contributed by atoms with E-state index >= 15 is 0 Å². The largest absolute Gasteiger partial charge is 0.462 e. The summed E-state index contributed by atoms with van der Waals surface area (Å²) in [6.45, 7) is 3.65. The van der Waals surface area contributed by atoms with Crippen molar-refractivity contribution in [3.63, 3.8) is 0 Å². The first-order valence-corrected chi connectivity index (χ1v) is 22.7. The fraction of sp³-hybridized carbons (Fsp3) is 0.810. The molecule has 13 heteroatoms. The number of hydrogen-bond acceptors (Lipinski definition) is 11. The first kappa shape index (κ1) is 50.9. The molecule has 0 radical (unpaired) electrons. The van der Waals surface area contributed by atoms with Crippen LogP contribution in [0.5, 0.6) is 0 Å². The van der Waals surface area contributed by atoms with E-state index in [1.165, 1.54) is 32.1 Å². The molecule has 0 aliphatic carbocycles. The monoisotopic (exact) mass is 802 g/mol. The number of hydrogen-bond donors (Lipinski definition) is 4. The Labute approximate surface area is 331 Å². The Hall–Kier alpha value is -2.13. The molecule has 12 nitrogen and oxygen atoms in total. The molecule has 320 valence electrons. The van der Waals surface area contributed by atoms with Crippen LogP contribution in [0.1, 0.15) is 162 Å². The first-order chi connectivity index (χ1) is 26.5. The molecule has 1 heterocycles. The highest BCUT2D eigenvalue weighted by Crippen LogP contribution is 2.24. The van der Waals surface area contributed by atoms with E-state index < -0.39 is 71.2 Å². The maximum atomic E-state index is 12.8. The zero-order valence-electron chi connectivity index (χ0n) is 33.8. The van der Waals surface area contributed by atoms with E-state index in [4.69, 9.17) is 18.9 Å². The molecule has 1 rings (SSSR count). The lowest BCUT2D eigenvalue weighted by Crippen LogP contribution is -2.60. The number of esters is 2. The molecule has 0 aromatic rings. The van der Waals surface area contributed by atoms with Crippen molar-refractivity contribution in [2.45, 2.75) is 198 Å². The van der Waals surface area contributed by atoms with E-state index in [1.807, 2.05) is 0 Å². The summed E-state index contributed by atoms with van der Waals surface area (Å²) in [5.74, 6) is -2.01.